The molecular weight excluding hydrogens is 245 g/mol. The van der Waals surface area contributed by atoms with Crippen molar-refractivity contribution in [1.82, 2.24) is 0 Å². The maximum absolute atomic E-state index is 9.70. The predicted molar refractivity (Wildman–Crippen MR) is 74.2 cm³/mol. The Morgan fingerprint density at radius 3 is 2.47 bits per heavy atom. The Morgan fingerprint density at radius 2 is 1.68 bits per heavy atom. The molecule has 0 saturated carbocycles. The van der Waals surface area contributed by atoms with Crippen LogP contribution in [0.3, 0.4) is 0 Å². The van der Waals surface area contributed by atoms with E-state index in [2.05, 4.69) is 11.4 Å². The van der Waals surface area contributed by atoms with Crippen LogP contribution >= 0.6 is 0 Å². The molecule has 3 aromatic carbocycles. The molecule has 0 radical (unpaired) electrons. The molecule has 0 bridgehead atoms. The third kappa shape index (κ3) is 3.10. The van der Waals surface area contributed by atoms with Crippen molar-refractivity contribution in [3.8, 4) is 5.75 Å². The first-order valence-electron chi connectivity index (χ1n) is 5.78. The van der Waals surface area contributed by atoms with Crippen molar-refractivity contribution in [2.75, 3.05) is 5.32 Å². The average molecular weight is 257 g/mol. The van der Waals surface area contributed by atoms with Crippen molar-refractivity contribution in [3.63, 3.8) is 0 Å². The van der Waals surface area contributed by atoms with E-state index in [1.807, 2.05) is 54.6 Å². The van der Waals surface area contributed by atoms with Gasteiger partial charge in [-0.25, -0.2) is 0 Å². The van der Waals surface area contributed by atoms with Crippen LogP contribution in [0.15, 0.2) is 60.7 Å². The topological polar surface area (TPSA) is 32.3 Å². The van der Waals surface area contributed by atoms with E-state index in [4.69, 9.17) is 0 Å². The van der Waals surface area contributed by atoms with E-state index in [9.17, 15) is 5.11 Å². The molecule has 0 aliphatic heterocycles. The summed E-state index contributed by atoms with van der Waals surface area (Å²) in [6, 6.07) is 22.2. The van der Waals surface area contributed by atoms with Gasteiger partial charge in [0.05, 0.1) is 0 Å². The number of aromatic hydroxyl groups is 1. The molecule has 3 aromatic rings. The zero-order valence-electron chi connectivity index (χ0n) is 10.7. The Bertz CT molecular complexity index is 683. The number of phenols is 1. The molecule has 0 amide bonds. The minimum absolute atomic E-state index is 0. The molecule has 0 aliphatic carbocycles. The van der Waals surface area contributed by atoms with Crippen LogP contribution in [-0.4, -0.2) is 5.11 Å². The molecule has 0 atom stereocenters. The molecule has 88 valence electrons. The number of hydrogen-bond acceptors (Lipinski definition) is 2. The summed E-state index contributed by atoms with van der Waals surface area (Å²) in [6.45, 7) is 0. The monoisotopic (exact) mass is 257 g/mol. The van der Waals surface area contributed by atoms with Gasteiger partial charge in [-0.15, -0.1) is 11.5 Å². The van der Waals surface area contributed by atoms with Gasteiger partial charge in [-0.1, -0.05) is 35.7 Å². The van der Waals surface area contributed by atoms with E-state index < -0.39 is 0 Å². The number of hydrogen-bond donors (Lipinski definition) is 2. The number of anilines is 2. The predicted octanol–water partition coefficient (Wildman–Crippen LogP) is 1.09. The van der Waals surface area contributed by atoms with Crippen LogP contribution in [0.2, 0.25) is 0 Å². The summed E-state index contributed by atoms with van der Waals surface area (Å²) < 4.78 is 0. The van der Waals surface area contributed by atoms with Gasteiger partial charge >= 0.3 is 29.6 Å². The molecule has 19 heavy (non-hydrogen) atoms. The van der Waals surface area contributed by atoms with Crippen molar-refractivity contribution in [2.24, 2.45) is 0 Å². The number of fused-ring (bicyclic) bond motifs is 1. The summed E-state index contributed by atoms with van der Waals surface area (Å²) in [6.07, 6.45) is 0. The molecule has 2 N–H and O–H groups in total. The molecule has 0 aliphatic rings. The quantitative estimate of drug-likeness (QED) is 0.532. The normalized spacial score (nSPS) is 9.89. The summed E-state index contributed by atoms with van der Waals surface area (Å²) in [5, 5.41) is 14.8. The van der Waals surface area contributed by atoms with Crippen LogP contribution in [0.1, 0.15) is 0 Å². The molecule has 0 saturated heterocycles. The molecular formula is C16H12NNaO. The first-order valence-corrected chi connectivity index (χ1v) is 5.78. The Labute approximate surface area is 134 Å². The van der Waals surface area contributed by atoms with E-state index in [0.717, 1.165) is 22.1 Å². The van der Waals surface area contributed by atoms with Crippen molar-refractivity contribution >= 4 is 22.1 Å². The maximum atomic E-state index is 9.70. The molecule has 0 spiro atoms. The Balaban J connectivity index is 0.00000133. The van der Waals surface area contributed by atoms with Crippen LogP contribution in [0.25, 0.3) is 10.8 Å². The summed E-state index contributed by atoms with van der Waals surface area (Å²) in [4.78, 5) is 0. The van der Waals surface area contributed by atoms with Gasteiger partial charge in [0.15, 0.2) is 0 Å². The molecule has 0 aromatic heterocycles. The summed E-state index contributed by atoms with van der Waals surface area (Å²) in [7, 11) is 0. The number of benzene rings is 3. The molecule has 2 nitrogen and oxygen atoms in total. The second kappa shape index (κ2) is 6.11. The van der Waals surface area contributed by atoms with Crippen LogP contribution in [0.4, 0.5) is 11.4 Å². The molecule has 0 heterocycles. The van der Waals surface area contributed by atoms with Crippen molar-refractivity contribution in [2.45, 2.75) is 0 Å². The Kier molecular flexibility index (Phi) is 4.48. The molecule has 0 unspecified atom stereocenters. The van der Waals surface area contributed by atoms with Gasteiger partial charge in [0.25, 0.3) is 0 Å². The smallest absolute Gasteiger partial charge is 0.565 e. The fraction of sp³-hybridized carbons (Fsp3) is 0. The van der Waals surface area contributed by atoms with Crippen molar-refractivity contribution < 1.29 is 34.7 Å². The van der Waals surface area contributed by atoms with Gasteiger partial charge in [-0.3, -0.25) is 0 Å². The van der Waals surface area contributed by atoms with Crippen LogP contribution < -0.4 is 34.9 Å². The fourth-order valence-electron chi connectivity index (χ4n) is 1.97. The van der Waals surface area contributed by atoms with Crippen LogP contribution in [-0.2, 0) is 0 Å². The molecule has 0 fully saturated rings. The summed E-state index contributed by atoms with van der Waals surface area (Å²) in [5.74, 6) is 0.263. The average Bonchev–Trinajstić information content (AvgIpc) is 2.40. The van der Waals surface area contributed by atoms with Crippen molar-refractivity contribution in [3.05, 3.63) is 66.7 Å². The van der Waals surface area contributed by atoms with E-state index in [1.54, 1.807) is 6.07 Å². The standard InChI is InChI=1S/C16H12NO.Na/c18-16-8-4-5-12-11-14(9-10-15(12)16)17-13-6-2-1-3-7-13;/h1-3,5-11,17-18H;/q-1;+1. The second-order valence-corrected chi connectivity index (χ2v) is 4.13. The minimum atomic E-state index is 0. The van der Waals surface area contributed by atoms with Gasteiger partial charge in [-0.2, -0.15) is 12.1 Å². The van der Waals surface area contributed by atoms with Crippen LogP contribution in [0.5, 0.6) is 5.75 Å². The third-order valence-electron chi connectivity index (χ3n) is 2.85. The van der Waals surface area contributed by atoms with Crippen LogP contribution in [0, 0.1) is 6.07 Å². The number of nitrogens with one attached hydrogen (secondary N) is 1. The van der Waals surface area contributed by atoms with E-state index >= 15 is 0 Å². The number of rotatable bonds is 2. The maximum Gasteiger partial charge on any atom is 1.00 e. The van der Waals surface area contributed by atoms with Gasteiger partial charge in [0, 0.05) is 17.1 Å². The number of para-hydroxylation sites is 1. The largest absolute Gasteiger partial charge is 1.00 e. The molecule has 3 heteroatoms. The summed E-state index contributed by atoms with van der Waals surface area (Å²) in [5.41, 5.74) is 2.04. The minimum Gasteiger partial charge on any atom is -0.565 e. The zero-order chi connectivity index (χ0) is 12.4. The van der Waals surface area contributed by atoms with E-state index in [0.29, 0.717) is 0 Å². The SMILES string of the molecule is Oc1c[c-]cc2cc(Nc3ccccc3)ccc12.[Na+]. The van der Waals surface area contributed by atoms with Gasteiger partial charge < -0.3 is 10.4 Å². The second-order valence-electron chi connectivity index (χ2n) is 4.13. The van der Waals surface area contributed by atoms with Gasteiger partial charge in [-0.05, 0) is 18.2 Å². The molecule has 3 rings (SSSR count). The Morgan fingerprint density at radius 1 is 0.895 bits per heavy atom. The van der Waals surface area contributed by atoms with E-state index in [-0.39, 0.29) is 35.3 Å². The zero-order valence-corrected chi connectivity index (χ0v) is 12.7. The van der Waals surface area contributed by atoms with Gasteiger partial charge in [0.1, 0.15) is 0 Å². The third-order valence-corrected chi connectivity index (χ3v) is 2.85. The first-order chi connectivity index (χ1) is 8.83. The Hall–Kier alpha value is -1.48. The summed E-state index contributed by atoms with van der Waals surface area (Å²) >= 11 is 0. The van der Waals surface area contributed by atoms with E-state index in [1.165, 1.54) is 0 Å². The first kappa shape index (κ1) is 13.9. The van der Waals surface area contributed by atoms with Crippen molar-refractivity contribution in [1.29, 1.82) is 0 Å². The number of phenolic OH excluding ortho intramolecular Hbond substituents is 1. The van der Waals surface area contributed by atoms with Gasteiger partial charge in [0.2, 0.25) is 0 Å². The fourth-order valence-corrected chi connectivity index (χ4v) is 1.97.